The number of nitrogens with one attached hydrogen (secondary N) is 2. The van der Waals surface area contributed by atoms with Gasteiger partial charge in [-0.15, -0.1) is 0 Å². The Balaban J connectivity index is 1.69. The summed E-state index contributed by atoms with van der Waals surface area (Å²) in [7, 11) is 0. The third-order valence-electron chi connectivity index (χ3n) is 3.80. The Kier molecular flexibility index (Phi) is 3.82. The van der Waals surface area contributed by atoms with Gasteiger partial charge in [0.25, 0.3) is 17.4 Å². The highest BCUT2D eigenvalue weighted by Gasteiger charge is 2.47. The zero-order valence-electron chi connectivity index (χ0n) is 13.0. The SMILES string of the molecule is Cc1ccc2c(c1)NC(=O)C(C)(C(=O)NCCc1ccco1)O2. The number of carbonyl (C=O) groups excluding carboxylic acids is 2. The molecular formula is C17H18N2O4. The van der Waals surface area contributed by atoms with Crippen molar-refractivity contribution in [1.82, 2.24) is 5.32 Å². The van der Waals surface area contributed by atoms with Crippen LogP contribution in [0.4, 0.5) is 5.69 Å². The summed E-state index contributed by atoms with van der Waals surface area (Å²) in [6.07, 6.45) is 2.13. The molecule has 3 rings (SSSR count). The van der Waals surface area contributed by atoms with E-state index < -0.39 is 17.4 Å². The van der Waals surface area contributed by atoms with E-state index >= 15 is 0 Å². The predicted molar refractivity (Wildman–Crippen MR) is 84.3 cm³/mol. The number of furan rings is 1. The number of aryl methyl sites for hydroxylation is 1. The van der Waals surface area contributed by atoms with Gasteiger partial charge < -0.3 is 19.8 Å². The quantitative estimate of drug-likeness (QED) is 0.846. The third kappa shape index (κ3) is 2.92. The van der Waals surface area contributed by atoms with E-state index in [9.17, 15) is 9.59 Å². The van der Waals surface area contributed by atoms with Crippen LogP contribution in [0.3, 0.4) is 0 Å². The fourth-order valence-electron chi connectivity index (χ4n) is 2.41. The molecule has 0 spiro atoms. The minimum atomic E-state index is -1.59. The highest BCUT2D eigenvalue weighted by atomic mass is 16.5. The second kappa shape index (κ2) is 5.79. The lowest BCUT2D eigenvalue weighted by atomic mass is 10.0. The number of hydrogen-bond acceptors (Lipinski definition) is 4. The van der Waals surface area contributed by atoms with E-state index in [1.54, 1.807) is 18.4 Å². The molecular weight excluding hydrogens is 296 g/mol. The summed E-state index contributed by atoms with van der Waals surface area (Å²) in [5, 5.41) is 5.45. The Morgan fingerprint density at radius 1 is 1.35 bits per heavy atom. The molecule has 0 bridgehead atoms. The van der Waals surface area contributed by atoms with Crippen LogP contribution in [0.2, 0.25) is 0 Å². The van der Waals surface area contributed by atoms with Gasteiger partial charge in [0.2, 0.25) is 0 Å². The van der Waals surface area contributed by atoms with Gasteiger partial charge in [-0.1, -0.05) is 6.07 Å². The van der Waals surface area contributed by atoms with E-state index in [1.807, 2.05) is 25.1 Å². The normalized spacial score (nSPS) is 19.5. The lowest BCUT2D eigenvalue weighted by Gasteiger charge is -2.33. The van der Waals surface area contributed by atoms with E-state index in [2.05, 4.69) is 10.6 Å². The Hall–Kier alpha value is -2.76. The standard InChI is InChI=1S/C17H18N2O4/c1-11-5-6-14-13(10-11)19-16(21)17(2,23-14)15(20)18-8-7-12-4-3-9-22-12/h3-6,9-10H,7-8H2,1-2H3,(H,18,20)(H,19,21). The van der Waals surface area contributed by atoms with Crippen molar-refractivity contribution in [1.29, 1.82) is 0 Å². The van der Waals surface area contributed by atoms with Crippen LogP contribution in [0.25, 0.3) is 0 Å². The number of amides is 2. The molecule has 2 amide bonds. The number of fused-ring (bicyclic) bond motifs is 1. The van der Waals surface area contributed by atoms with E-state index in [-0.39, 0.29) is 0 Å². The van der Waals surface area contributed by atoms with Crippen LogP contribution >= 0.6 is 0 Å². The van der Waals surface area contributed by atoms with Crippen molar-refractivity contribution in [3.05, 3.63) is 47.9 Å². The van der Waals surface area contributed by atoms with Crippen molar-refractivity contribution >= 4 is 17.5 Å². The first-order valence-corrected chi connectivity index (χ1v) is 7.41. The molecule has 2 aromatic rings. The van der Waals surface area contributed by atoms with E-state index in [1.165, 1.54) is 6.92 Å². The molecule has 1 aromatic heterocycles. The Bertz CT molecular complexity index is 739. The van der Waals surface area contributed by atoms with Gasteiger partial charge in [0, 0.05) is 13.0 Å². The van der Waals surface area contributed by atoms with Crippen LogP contribution in [-0.4, -0.2) is 24.0 Å². The van der Waals surface area contributed by atoms with Crippen LogP contribution in [0.1, 0.15) is 18.2 Å². The maximum atomic E-state index is 12.4. The van der Waals surface area contributed by atoms with Gasteiger partial charge in [0.05, 0.1) is 12.0 Å². The molecule has 1 atom stereocenters. The molecule has 2 heterocycles. The van der Waals surface area contributed by atoms with Crippen molar-refractivity contribution in [3.8, 4) is 5.75 Å². The Morgan fingerprint density at radius 3 is 2.91 bits per heavy atom. The molecule has 1 aliphatic heterocycles. The molecule has 120 valence electrons. The number of carbonyl (C=O) groups is 2. The Morgan fingerprint density at radius 2 is 2.17 bits per heavy atom. The van der Waals surface area contributed by atoms with E-state index in [0.717, 1.165) is 11.3 Å². The molecule has 0 aliphatic carbocycles. The highest BCUT2D eigenvalue weighted by molar-refractivity contribution is 6.15. The van der Waals surface area contributed by atoms with Crippen molar-refractivity contribution in [2.75, 3.05) is 11.9 Å². The second-order valence-electron chi connectivity index (χ2n) is 5.67. The first kappa shape index (κ1) is 15.1. The fraction of sp³-hybridized carbons (Fsp3) is 0.294. The molecule has 0 saturated heterocycles. The zero-order valence-corrected chi connectivity index (χ0v) is 13.0. The lowest BCUT2D eigenvalue weighted by molar-refractivity contribution is -0.146. The van der Waals surface area contributed by atoms with Crippen molar-refractivity contribution in [2.45, 2.75) is 25.9 Å². The molecule has 0 saturated carbocycles. The first-order chi connectivity index (χ1) is 11.0. The van der Waals surface area contributed by atoms with Gasteiger partial charge in [-0.25, -0.2) is 0 Å². The average molecular weight is 314 g/mol. The van der Waals surface area contributed by atoms with Crippen molar-refractivity contribution < 1.29 is 18.7 Å². The molecule has 6 nitrogen and oxygen atoms in total. The molecule has 23 heavy (non-hydrogen) atoms. The van der Waals surface area contributed by atoms with Crippen LogP contribution in [0, 0.1) is 6.92 Å². The summed E-state index contributed by atoms with van der Waals surface area (Å²) >= 11 is 0. The summed E-state index contributed by atoms with van der Waals surface area (Å²) in [6, 6.07) is 9.04. The summed E-state index contributed by atoms with van der Waals surface area (Å²) in [5.41, 5.74) is -0.0131. The van der Waals surface area contributed by atoms with Gasteiger partial charge in [-0.3, -0.25) is 9.59 Å². The second-order valence-corrected chi connectivity index (χ2v) is 5.67. The maximum absolute atomic E-state index is 12.4. The molecule has 0 fully saturated rings. The van der Waals surface area contributed by atoms with Gasteiger partial charge >= 0.3 is 0 Å². The van der Waals surface area contributed by atoms with Crippen LogP contribution in [0.15, 0.2) is 41.0 Å². The number of ether oxygens (including phenoxy) is 1. The minimum Gasteiger partial charge on any atom is -0.469 e. The monoisotopic (exact) mass is 314 g/mol. The summed E-state index contributed by atoms with van der Waals surface area (Å²) in [4.78, 5) is 24.7. The van der Waals surface area contributed by atoms with Crippen LogP contribution in [0.5, 0.6) is 5.75 Å². The van der Waals surface area contributed by atoms with Crippen LogP contribution in [-0.2, 0) is 16.0 Å². The zero-order chi connectivity index (χ0) is 16.4. The molecule has 6 heteroatoms. The fourth-order valence-corrected chi connectivity index (χ4v) is 2.41. The molecule has 2 N–H and O–H groups in total. The average Bonchev–Trinajstić information content (AvgIpc) is 3.02. The minimum absolute atomic E-state index is 0.360. The lowest BCUT2D eigenvalue weighted by Crippen LogP contribution is -2.58. The number of benzene rings is 1. The number of anilines is 1. The Labute approximate surface area is 133 Å². The summed E-state index contributed by atoms with van der Waals surface area (Å²) in [6.45, 7) is 3.74. The van der Waals surface area contributed by atoms with E-state index in [4.69, 9.17) is 9.15 Å². The van der Waals surface area contributed by atoms with E-state index in [0.29, 0.717) is 24.4 Å². The molecule has 1 aromatic carbocycles. The van der Waals surface area contributed by atoms with Crippen molar-refractivity contribution in [2.24, 2.45) is 0 Å². The summed E-state index contributed by atoms with van der Waals surface area (Å²) in [5.74, 6) is 0.294. The first-order valence-electron chi connectivity index (χ1n) is 7.41. The van der Waals surface area contributed by atoms with Crippen LogP contribution < -0.4 is 15.4 Å². The highest BCUT2D eigenvalue weighted by Crippen LogP contribution is 2.34. The predicted octanol–water partition coefficient (Wildman–Crippen LogP) is 2.04. The number of rotatable bonds is 4. The smallest absolute Gasteiger partial charge is 0.278 e. The van der Waals surface area contributed by atoms with Crippen molar-refractivity contribution in [3.63, 3.8) is 0 Å². The van der Waals surface area contributed by atoms with Gasteiger partial charge in [-0.2, -0.15) is 0 Å². The molecule has 1 unspecified atom stereocenters. The topological polar surface area (TPSA) is 80.6 Å². The maximum Gasteiger partial charge on any atom is 0.278 e. The largest absolute Gasteiger partial charge is 0.469 e. The third-order valence-corrected chi connectivity index (χ3v) is 3.80. The molecule has 1 aliphatic rings. The number of hydrogen-bond donors (Lipinski definition) is 2. The van der Waals surface area contributed by atoms with Gasteiger partial charge in [0.15, 0.2) is 0 Å². The van der Waals surface area contributed by atoms with Gasteiger partial charge in [0.1, 0.15) is 11.5 Å². The van der Waals surface area contributed by atoms with Gasteiger partial charge in [-0.05, 0) is 43.7 Å². The molecule has 0 radical (unpaired) electrons. The summed E-state index contributed by atoms with van der Waals surface area (Å²) < 4.78 is 10.9.